The fourth-order valence-corrected chi connectivity index (χ4v) is 6.63. The highest BCUT2D eigenvalue weighted by Crippen LogP contribution is 2.39. The minimum atomic E-state index is -3.08. The van der Waals surface area contributed by atoms with Crippen LogP contribution in [0.4, 0.5) is 5.69 Å². The Hall–Kier alpha value is -1.70. The Labute approximate surface area is 168 Å². The maximum atomic E-state index is 12.2. The molecule has 0 amide bonds. The van der Waals surface area contributed by atoms with Crippen molar-refractivity contribution in [2.45, 2.75) is 17.8 Å². The highest BCUT2D eigenvalue weighted by Gasteiger charge is 2.47. The maximum absolute atomic E-state index is 12.2. The lowest BCUT2D eigenvalue weighted by Gasteiger charge is -2.27. The van der Waals surface area contributed by atoms with Crippen LogP contribution in [-0.2, 0) is 15.6 Å². The fraction of sp³-hybridized carbons (Fsp3) is 0.316. The van der Waals surface area contributed by atoms with Gasteiger partial charge in [-0.15, -0.1) is 0 Å². The number of aliphatic imine (C=N–C) groups is 1. The summed E-state index contributed by atoms with van der Waals surface area (Å²) in [5.41, 5.74) is 1.95. The summed E-state index contributed by atoms with van der Waals surface area (Å²) in [5.74, 6) is 1.63. The van der Waals surface area contributed by atoms with Crippen LogP contribution in [0.15, 0.2) is 53.5 Å². The lowest BCUT2D eigenvalue weighted by Crippen LogP contribution is -2.39. The van der Waals surface area contributed by atoms with Crippen LogP contribution in [0.3, 0.4) is 0 Å². The molecule has 8 heteroatoms. The fourth-order valence-electron chi connectivity index (χ4n) is 3.52. The minimum Gasteiger partial charge on any atom is -0.495 e. The summed E-state index contributed by atoms with van der Waals surface area (Å²) < 4.78 is 29.8. The smallest absolute Gasteiger partial charge is 0.164 e. The van der Waals surface area contributed by atoms with Gasteiger partial charge in [0.05, 0.1) is 36.4 Å². The largest absolute Gasteiger partial charge is 0.495 e. The molecular weight excluding hydrogens is 404 g/mol. The Morgan fingerprint density at radius 3 is 2.81 bits per heavy atom. The van der Waals surface area contributed by atoms with Gasteiger partial charge in [0.2, 0.25) is 0 Å². The molecule has 2 aliphatic rings. The molecule has 1 fully saturated rings. The number of ether oxygens (including phenoxy) is 1. The standard InChI is InChI=1S/C19H19ClN2O3S2/c1-25-18-8-3-2-7-16(18)22-17-12-27(23,24)11-15(17)21-19(22)26-10-13-5-4-6-14(20)9-13/h2-9,15,17H,10-12H2,1H3/t15-,17+/m1/s1. The molecule has 0 aliphatic carbocycles. The Bertz CT molecular complexity index is 994. The molecule has 2 aliphatic heterocycles. The number of thioether (sulfide) groups is 1. The van der Waals surface area contributed by atoms with E-state index in [1.807, 2.05) is 53.4 Å². The van der Waals surface area contributed by atoms with E-state index in [-0.39, 0.29) is 23.6 Å². The molecule has 2 aromatic rings. The zero-order valence-corrected chi connectivity index (χ0v) is 17.1. The summed E-state index contributed by atoms with van der Waals surface area (Å²) in [5, 5.41) is 1.52. The van der Waals surface area contributed by atoms with Gasteiger partial charge in [0.15, 0.2) is 15.0 Å². The predicted octanol–water partition coefficient (Wildman–Crippen LogP) is 3.62. The topological polar surface area (TPSA) is 59.0 Å². The molecule has 0 saturated carbocycles. The second kappa shape index (κ2) is 7.37. The van der Waals surface area contributed by atoms with Crippen molar-refractivity contribution in [1.82, 2.24) is 0 Å². The summed E-state index contributed by atoms with van der Waals surface area (Å²) in [7, 11) is -1.46. The van der Waals surface area contributed by atoms with E-state index in [2.05, 4.69) is 0 Å². The average molecular weight is 423 g/mol. The zero-order chi connectivity index (χ0) is 19.0. The number of anilines is 1. The number of fused-ring (bicyclic) bond motifs is 1. The highest BCUT2D eigenvalue weighted by atomic mass is 35.5. The first-order valence-electron chi connectivity index (χ1n) is 8.54. The first kappa shape index (κ1) is 18.7. The maximum Gasteiger partial charge on any atom is 0.164 e. The van der Waals surface area contributed by atoms with E-state index in [4.69, 9.17) is 21.3 Å². The highest BCUT2D eigenvalue weighted by molar-refractivity contribution is 8.13. The second-order valence-corrected chi connectivity index (χ2v) is 10.1. The molecule has 2 aromatic carbocycles. The number of sulfone groups is 1. The van der Waals surface area contributed by atoms with Crippen molar-refractivity contribution in [2.75, 3.05) is 23.5 Å². The minimum absolute atomic E-state index is 0.102. The molecule has 5 nitrogen and oxygen atoms in total. The molecular formula is C19H19ClN2O3S2. The first-order chi connectivity index (χ1) is 13.0. The third-order valence-corrected chi connectivity index (χ3v) is 7.68. The average Bonchev–Trinajstić information content (AvgIpc) is 3.11. The molecule has 0 unspecified atom stereocenters. The number of hydrogen-bond donors (Lipinski definition) is 0. The summed E-state index contributed by atoms with van der Waals surface area (Å²) in [6.45, 7) is 0. The molecule has 2 atom stereocenters. The number of benzene rings is 2. The van der Waals surface area contributed by atoms with Gasteiger partial charge >= 0.3 is 0 Å². The van der Waals surface area contributed by atoms with Gasteiger partial charge in [0.25, 0.3) is 0 Å². The molecule has 4 rings (SSSR count). The third-order valence-electron chi connectivity index (χ3n) is 4.71. The van der Waals surface area contributed by atoms with E-state index < -0.39 is 9.84 Å². The van der Waals surface area contributed by atoms with Gasteiger partial charge in [-0.05, 0) is 29.8 Å². The van der Waals surface area contributed by atoms with E-state index in [9.17, 15) is 8.42 Å². The van der Waals surface area contributed by atoms with Gasteiger partial charge in [-0.25, -0.2) is 8.42 Å². The monoisotopic (exact) mass is 422 g/mol. The van der Waals surface area contributed by atoms with Crippen molar-refractivity contribution in [3.8, 4) is 5.75 Å². The Kier molecular flexibility index (Phi) is 5.09. The quantitative estimate of drug-likeness (QED) is 0.753. The number of methoxy groups -OCH3 is 1. The first-order valence-corrected chi connectivity index (χ1v) is 11.7. The van der Waals surface area contributed by atoms with Crippen molar-refractivity contribution in [3.63, 3.8) is 0 Å². The summed E-state index contributed by atoms with van der Waals surface area (Å²) in [6, 6.07) is 15.0. The molecule has 142 valence electrons. The number of nitrogens with zero attached hydrogens (tertiary/aromatic N) is 2. The van der Waals surface area contributed by atoms with Crippen molar-refractivity contribution in [1.29, 1.82) is 0 Å². The summed E-state index contributed by atoms with van der Waals surface area (Å²) in [4.78, 5) is 6.79. The van der Waals surface area contributed by atoms with E-state index in [0.29, 0.717) is 16.5 Å². The number of halogens is 1. The number of rotatable bonds is 4. The van der Waals surface area contributed by atoms with E-state index >= 15 is 0 Å². The second-order valence-electron chi connectivity index (χ2n) is 6.58. The Morgan fingerprint density at radius 2 is 2.04 bits per heavy atom. The van der Waals surface area contributed by atoms with Gasteiger partial charge in [0.1, 0.15) is 5.75 Å². The SMILES string of the molecule is COc1ccccc1N1C(SCc2cccc(Cl)c2)=N[C@@H]2CS(=O)(=O)C[C@@H]21. The molecule has 27 heavy (non-hydrogen) atoms. The van der Waals surface area contributed by atoms with Gasteiger partial charge in [-0.1, -0.05) is 47.6 Å². The van der Waals surface area contributed by atoms with E-state index in [1.165, 1.54) is 0 Å². The van der Waals surface area contributed by atoms with E-state index in [0.717, 1.165) is 16.4 Å². The van der Waals surface area contributed by atoms with Crippen molar-refractivity contribution in [3.05, 3.63) is 59.1 Å². The normalized spacial score (nSPS) is 23.2. The predicted molar refractivity (Wildman–Crippen MR) is 112 cm³/mol. The number of amidine groups is 1. The summed E-state index contributed by atoms with van der Waals surface area (Å²) >= 11 is 7.67. The van der Waals surface area contributed by atoms with Crippen LogP contribution < -0.4 is 9.64 Å². The molecule has 0 aromatic heterocycles. The molecule has 0 radical (unpaired) electrons. The summed E-state index contributed by atoms with van der Waals surface area (Å²) in [6.07, 6.45) is 0. The van der Waals surface area contributed by atoms with Crippen LogP contribution in [0.2, 0.25) is 5.02 Å². The van der Waals surface area contributed by atoms with Crippen LogP contribution in [0, 0.1) is 0 Å². The van der Waals surface area contributed by atoms with Crippen molar-refractivity contribution >= 4 is 44.1 Å². The Balaban J connectivity index is 1.65. The molecule has 0 bridgehead atoms. The third kappa shape index (κ3) is 3.81. The van der Waals surface area contributed by atoms with Crippen molar-refractivity contribution in [2.24, 2.45) is 4.99 Å². The van der Waals surface area contributed by atoms with Crippen molar-refractivity contribution < 1.29 is 13.2 Å². The van der Waals surface area contributed by atoms with Gasteiger partial charge in [-0.3, -0.25) is 4.99 Å². The van der Waals surface area contributed by atoms with Crippen LogP contribution in [0.25, 0.3) is 0 Å². The molecule has 1 saturated heterocycles. The van der Waals surface area contributed by atoms with E-state index in [1.54, 1.807) is 18.9 Å². The van der Waals surface area contributed by atoms with Gasteiger partial charge < -0.3 is 9.64 Å². The molecule has 0 N–H and O–H groups in total. The lowest BCUT2D eigenvalue weighted by atomic mass is 10.1. The van der Waals surface area contributed by atoms with Crippen LogP contribution in [0.5, 0.6) is 5.75 Å². The van der Waals surface area contributed by atoms with Gasteiger partial charge in [0, 0.05) is 10.8 Å². The number of para-hydroxylation sites is 2. The number of hydrogen-bond acceptors (Lipinski definition) is 6. The van der Waals surface area contributed by atoms with Gasteiger partial charge in [-0.2, -0.15) is 0 Å². The molecule has 2 heterocycles. The Morgan fingerprint density at radius 1 is 1.22 bits per heavy atom. The molecule has 0 spiro atoms. The zero-order valence-electron chi connectivity index (χ0n) is 14.7. The van der Waals surface area contributed by atoms with Crippen LogP contribution in [-0.4, -0.2) is 44.3 Å². The van der Waals surface area contributed by atoms with Crippen LogP contribution >= 0.6 is 23.4 Å². The lowest BCUT2D eigenvalue weighted by molar-refractivity contribution is 0.415. The van der Waals surface area contributed by atoms with Crippen LogP contribution in [0.1, 0.15) is 5.56 Å².